The van der Waals surface area contributed by atoms with Gasteiger partial charge in [-0.05, 0) is 24.6 Å². The van der Waals surface area contributed by atoms with Crippen LogP contribution in [0.5, 0.6) is 0 Å². The van der Waals surface area contributed by atoms with Gasteiger partial charge in [0, 0.05) is 26.2 Å². The third-order valence-electron chi connectivity index (χ3n) is 3.89. The van der Waals surface area contributed by atoms with Crippen molar-refractivity contribution in [2.75, 3.05) is 26.2 Å². The normalized spacial score (nSPS) is 21.4. The molecule has 3 nitrogen and oxygen atoms in total. The molecule has 0 aliphatic carbocycles. The molecule has 0 radical (unpaired) electrons. The predicted octanol–water partition coefficient (Wildman–Crippen LogP) is 2.64. The second kappa shape index (κ2) is 7.17. The maximum Gasteiger partial charge on any atom is 0.416 e. The molecule has 22 heavy (non-hydrogen) atoms. The summed E-state index contributed by atoms with van der Waals surface area (Å²) in [6, 6.07) is 4.72. The highest BCUT2D eigenvalue weighted by molar-refractivity contribution is 6.21. The molecule has 1 aliphatic heterocycles. The largest absolute Gasteiger partial charge is 0.416 e. The number of halogens is 4. The van der Waals surface area contributed by atoms with Gasteiger partial charge in [-0.1, -0.05) is 12.1 Å². The summed E-state index contributed by atoms with van der Waals surface area (Å²) in [4.78, 5) is 2.10. The van der Waals surface area contributed by atoms with Gasteiger partial charge in [-0.15, -0.1) is 11.6 Å². The quantitative estimate of drug-likeness (QED) is 0.830. The molecule has 1 heterocycles. The monoisotopic (exact) mass is 336 g/mol. The minimum absolute atomic E-state index is 0.314. The van der Waals surface area contributed by atoms with Crippen molar-refractivity contribution in [2.45, 2.75) is 30.6 Å². The van der Waals surface area contributed by atoms with Crippen LogP contribution in [0, 0.1) is 0 Å². The molecule has 0 amide bonds. The Morgan fingerprint density at radius 2 is 1.73 bits per heavy atom. The van der Waals surface area contributed by atoms with Gasteiger partial charge >= 0.3 is 6.18 Å². The Kier molecular flexibility index (Phi) is 5.71. The van der Waals surface area contributed by atoms with E-state index in [9.17, 15) is 18.3 Å². The first-order valence-electron chi connectivity index (χ1n) is 7.25. The van der Waals surface area contributed by atoms with Crippen LogP contribution >= 0.6 is 11.6 Å². The molecule has 3 atom stereocenters. The lowest BCUT2D eigenvalue weighted by Crippen LogP contribution is -2.48. The van der Waals surface area contributed by atoms with Crippen LogP contribution in [0.1, 0.15) is 24.1 Å². The first kappa shape index (κ1) is 17.5. The summed E-state index contributed by atoms with van der Waals surface area (Å²) in [5, 5.41) is 12.4. The van der Waals surface area contributed by atoms with E-state index < -0.39 is 23.2 Å². The Morgan fingerprint density at radius 3 is 2.18 bits per heavy atom. The fourth-order valence-electron chi connectivity index (χ4n) is 2.69. The minimum Gasteiger partial charge on any atom is -0.392 e. The Bertz CT molecular complexity index is 473. The van der Waals surface area contributed by atoms with Crippen molar-refractivity contribution in [1.82, 2.24) is 10.2 Å². The van der Waals surface area contributed by atoms with E-state index in [-0.39, 0.29) is 6.04 Å². The average Bonchev–Trinajstić information content (AvgIpc) is 2.48. The molecule has 3 unspecified atom stereocenters. The van der Waals surface area contributed by atoms with Gasteiger partial charge in [0.05, 0.1) is 23.1 Å². The van der Waals surface area contributed by atoms with Crippen LogP contribution in [-0.2, 0) is 6.18 Å². The summed E-state index contributed by atoms with van der Waals surface area (Å²) in [6.07, 6.45) is -5.11. The number of rotatable bonds is 4. The van der Waals surface area contributed by atoms with Crippen molar-refractivity contribution < 1.29 is 18.3 Å². The van der Waals surface area contributed by atoms with Crippen molar-refractivity contribution in [3.8, 4) is 0 Å². The van der Waals surface area contributed by atoms with Crippen LogP contribution in [0.4, 0.5) is 13.2 Å². The van der Waals surface area contributed by atoms with Crippen molar-refractivity contribution in [1.29, 1.82) is 0 Å². The number of aliphatic hydroxyl groups excluding tert-OH is 1. The molecule has 2 rings (SSSR count). The summed E-state index contributed by atoms with van der Waals surface area (Å²) in [7, 11) is 0. The molecular formula is C15H20ClF3N2O. The van der Waals surface area contributed by atoms with E-state index >= 15 is 0 Å². The number of benzene rings is 1. The third kappa shape index (κ3) is 4.13. The molecule has 0 spiro atoms. The summed E-state index contributed by atoms with van der Waals surface area (Å²) >= 11 is 6.35. The van der Waals surface area contributed by atoms with Gasteiger partial charge < -0.3 is 10.4 Å². The van der Waals surface area contributed by atoms with E-state index in [0.717, 1.165) is 38.3 Å². The minimum atomic E-state index is -4.35. The molecule has 1 saturated heterocycles. The maximum atomic E-state index is 12.7. The number of nitrogens with zero attached hydrogens (tertiary/aromatic N) is 1. The summed E-state index contributed by atoms with van der Waals surface area (Å²) in [5.41, 5.74) is 0.00859. The van der Waals surface area contributed by atoms with Gasteiger partial charge in [-0.25, -0.2) is 0 Å². The van der Waals surface area contributed by atoms with Crippen LogP contribution in [0.3, 0.4) is 0 Å². The van der Waals surface area contributed by atoms with Crippen LogP contribution in [0.2, 0.25) is 0 Å². The van der Waals surface area contributed by atoms with E-state index in [1.54, 1.807) is 6.92 Å². The summed E-state index contributed by atoms with van der Waals surface area (Å²) in [6.45, 7) is 4.65. The van der Waals surface area contributed by atoms with Crippen molar-refractivity contribution >= 4 is 11.6 Å². The number of hydrogen-bond acceptors (Lipinski definition) is 3. The molecule has 0 aromatic heterocycles. The summed E-state index contributed by atoms with van der Waals surface area (Å²) < 4.78 is 38.0. The van der Waals surface area contributed by atoms with E-state index in [1.807, 2.05) is 0 Å². The van der Waals surface area contributed by atoms with E-state index in [0.29, 0.717) is 5.56 Å². The first-order chi connectivity index (χ1) is 10.3. The third-order valence-corrected chi connectivity index (χ3v) is 4.49. The second-order valence-corrected chi connectivity index (χ2v) is 6.04. The zero-order valence-electron chi connectivity index (χ0n) is 12.3. The smallest absolute Gasteiger partial charge is 0.392 e. The molecule has 124 valence electrons. The number of nitrogens with one attached hydrogen (secondary N) is 1. The van der Waals surface area contributed by atoms with Gasteiger partial charge in [-0.3, -0.25) is 4.90 Å². The van der Waals surface area contributed by atoms with Crippen LogP contribution in [0.15, 0.2) is 24.3 Å². The molecule has 1 aromatic carbocycles. The van der Waals surface area contributed by atoms with Crippen molar-refractivity contribution in [3.63, 3.8) is 0 Å². The fraction of sp³-hybridized carbons (Fsp3) is 0.600. The van der Waals surface area contributed by atoms with Gasteiger partial charge in [0.2, 0.25) is 0 Å². The molecule has 1 fully saturated rings. The SMILES string of the molecule is CC(O)C(Cl)C(c1ccc(C(F)(F)F)cc1)N1CCNCC1. The fourth-order valence-corrected chi connectivity index (χ4v) is 2.99. The van der Waals surface area contributed by atoms with Gasteiger partial charge in [0.1, 0.15) is 0 Å². The Morgan fingerprint density at radius 1 is 1.18 bits per heavy atom. The lowest BCUT2D eigenvalue weighted by atomic mass is 9.97. The first-order valence-corrected chi connectivity index (χ1v) is 7.68. The molecular weight excluding hydrogens is 317 g/mol. The predicted molar refractivity (Wildman–Crippen MR) is 79.9 cm³/mol. The van der Waals surface area contributed by atoms with Gasteiger partial charge in [-0.2, -0.15) is 13.2 Å². The Balaban J connectivity index is 2.27. The zero-order chi connectivity index (χ0) is 16.3. The van der Waals surface area contributed by atoms with Crippen LogP contribution in [-0.4, -0.2) is 47.7 Å². The van der Waals surface area contributed by atoms with E-state index in [4.69, 9.17) is 11.6 Å². The lowest BCUT2D eigenvalue weighted by Gasteiger charge is -2.38. The lowest BCUT2D eigenvalue weighted by molar-refractivity contribution is -0.137. The second-order valence-electron chi connectivity index (χ2n) is 5.54. The Labute approximate surface area is 133 Å². The number of alkyl halides is 4. The molecule has 0 saturated carbocycles. The van der Waals surface area contributed by atoms with E-state index in [1.165, 1.54) is 12.1 Å². The van der Waals surface area contributed by atoms with Gasteiger partial charge in [0.25, 0.3) is 0 Å². The highest BCUT2D eigenvalue weighted by atomic mass is 35.5. The summed E-state index contributed by atoms with van der Waals surface area (Å²) in [5.74, 6) is 0. The number of aliphatic hydroxyl groups is 1. The number of piperazine rings is 1. The van der Waals surface area contributed by atoms with Crippen LogP contribution in [0.25, 0.3) is 0 Å². The topological polar surface area (TPSA) is 35.5 Å². The zero-order valence-corrected chi connectivity index (χ0v) is 13.0. The molecule has 1 aromatic rings. The van der Waals surface area contributed by atoms with Crippen LogP contribution < -0.4 is 5.32 Å². The standard InChI is InChI=1S/C15H20ClF3N2O/c1-10(22)13(16)14(21-8-6-20-7-9-21)11-2-4-12(5-3-11)15(17,18)19/h2-5,10,13-14,20,22H,6-9H2,1H3. The highest BCUT2D eigenvalue weighted by Crippen LogP contribution is 2.34. The number of hydrogen-bond donors (Lipinski definition) is 2. The van der Waals surface area contributed by atoms with Gasteiger partial charge in [0.15, 0.2) is 0 Å². The van der Waals surface area contributed by atoms with Crippen molar-refractivity contribution in [3.05, 3.63) is 35.4 Å². The van der Waals surface area contributed by atoms with Crippen molar-refractivity contribution in [2.24, 2.45) is 0 Å². The van der Waals surface area contributed by atoms with E-state index in [2.05, 4.69) is 10.2 Å². The Hall–Kier alpha value is -0.820. The molecule has 7 heteroatoms. The molecule has 2 N–H and O–H groups in total. The maximum absolute atomic E-state index is 12.7. The highest BCUT2D eigenvalue weighted by Gasteiger charge is 2.33. The molecule has 1 aliphatic rings. The average molecular weight is 337 g/mol. The molecule has 0 bridgehead atoms.